The molecule has 0 aliphatic carbocycles. The van der Waals surface area contributed by atoms with E-state index in [9.17, 15) is 9.59 Å². The number of carbonyl (C=O) groups is 2. The van der Waals surface area contributed by atoms with Gasteiger partial charge in [-0.3, -0.25) is 9.59 Å². The molecule has 1 N–H and O–H groups in total. The molecule has 2 saturated heterocycles. The Hall–Kier alpha value is -1.69. The van der Waals surface area contributed by atoms with Gasteiger partial charge in [-0.15, -0.1) is 11.8 Å². The first-order valence-electron chi connectivity index (χ1n) is 8.39. The summed E-state index contributed by atoms with van der Waals surface area (Å²) in [5.41, 5.74) is 0.969. The van der Waals surface area contributed by atoms with E-state index < -0.39 is 0 Å². The molecular weight excluding hydrogens is 324 g/mol. The van der Waals surface area contributed by atoms with Gasteiger partial charge in [0.1, 0.15) is 11.8 Å². The number of fused-ring (bicyclic) bond motifs is 1. The van der Waals surface area contributed by atoms with Crippen LogP contribution in [0.2, 0.25) is 0 Å². The minimum atomic E-state index is -0.376. The Bertz CT molecular complexity index is 651. The van der Waals surface area contributed by atoms with Crippen molar-refractivity contribution < 1.29 is 14.3 Å². The summed E-state index contributed by atoms with van der Waals surface area (Å²) in [6.07, 6.45) is 2.12. The Morgan fingerprint density at radius 3 is 2.96 bits per heavy atom. The van der Waals surface area contributed by atoms with Gasteiger partial charge in [0.25, 0.3) is 0 Å². The molecule has 5 nitrogen and oxygen atoms in total. The number of para-hydroxylation sites is 1. The predicted octanol–water partition coefficient (Wildman–Crippen LogP) is 2.72. The van der Waals surface area contributed by atoms with E-state index in [0.29, 0.717) is 12.2 Å². The van der Waals surface area contributed by atoms with Crippen molar-refractivity contribution in [2.75, 3.05) is 12.9 Å². The largest absolute Gasteiger partial charge is 0.496 e. The molecule has 1 aromatic carbocycles. The maximum absolute atomic E-state index is 12.9. The van der Waals surface area contributed by atoms with Crippen molar-refractivity contribution in [3.63, 3.8) is 0 Å². The van der Waals surface area contributed by atoms with E-state index in [1.807, 2.05) is 31.2 Å². The van der Waals surface area contributed by atoms with Gasteiger partial charge < -0.3 is 15.0 Å². The number of methoxy groups -OCH3 is 1. The van der Waals surface area contributed by atoms with Crippen LogP contribution in [0.15, 0.2) is 24.3 Å². The van der Waals surface area contributed by atoms with Crippen molar-refractivity contribution in [1.29, 1.82) is 0 Å². The van der Waals surface area contributed by atoms with Gasteiger partial charge in [0.15, 0.2) is 0 Å². The average Bonchev–Trinajstić information content (AvgIpc) is 3.09. The number of rotatable bonds is 5. The molecule has 24 heavy (non-hydrogen) atoms. The lowest BCUT2D eigenvalue weighted by Gasteiger charge is -2.31. The molecule has 2 amide bonds. The smallest absolute Gasteiger partial charge is 0.244 e. The molecule has 2 fully saturated rings. The summed E-state index contributed by atoms with van der Waals surface area (Å²) < 4.78 is 5.42. The third-order valence-electron chi connectivity index (χ3n) is 4.99. The summed E-state index contributed by atoms with van der Waals surface area (Å²) in [5.74, 6) is 1.45. The zero-order valence-electron chi connectivity index (χ0n) is 14.4. The molecular formula is C18H24N2O3S. The standard InChI is InChI=1S/C18H24N2O3S/c1-4-13(12-7-5-6-8-15(12)23-3)19-17(22)14-11-24-18(2)10-9-16(21)20(14)18/h5-8,13-14H,4,9-11H2,1-3H3,(H,19,22)/t13-,14-,18-/m0/s1. The van der Waals surface area contributed by atoms with Gasteiger partial charge in [0.05, 0.1) is 18.0 Å². The van der Waals surface area contributed by atoms with E-state index in [1.165, 1.54) is 0 Å². The number of nitrogens with zero attached hydrogens (tertiary/aromatic N) is 1. The lowest BCUT2D eigenvalue weighted by molar-refractivity contribution is -0.138. The zero-order chi connectivity index (χ0) is 17.3. The molecule has 3 atom stereocenters. The highest BCUT2D eigenvalue weighted by molar-refractivity contribution is 8.01. The summed E-state index contributed by atoms with van der Waals surface area (Å²) in [7, 11) is 1.63. The van der Waals surface area contributed by atoms with Crippen LogP contribution in [-0.2, 0) is 9.59 Å². The van der Waals surface area contributed by atoms with E-state index >= 15 is 0 Å². The molecule has 2 aliphatic rings. The van der Waals surface area contributed by atoms with Crippen LogP contribution < -0.4 is 10.1 Å². The molecule has 0 saturated carbocycles. The average molecular weight is 348 g/mol. The third kappa shape index (κ3) is 2.88. The van der Waals surface area contributed by atoms with Crippen LogP contribution in [0.5, 0.6) is 5.75 Å². The minimum Gasteiger partial charge on any atom is -0.496 e. The van der Waals surface area contributed by atoms with Gasteiger partial charge in [-0.05, 0) is 25.8 Å². The fourth-order valence-corrected chi connectivity index (χ4v) is 5.07. The zero-order valence-corrected chi connectivity index (χ0v) is 15.2. The summed E-state index contributed by atoms with van der Waals surface area (Å²) in [5, 5.41) is 3.12. The van der Waals surface area contributed by atoms with Crippen LogP contribution in [0, 0.1) is 0 Å². The number of hydrogen-bond acceptors (Lipinski definition) is 4. The van der Waals surface area contributed by atoms with Crippen molar-refractivity contribution in [3.8, 4) is 5.75 Å². The molecule has 2 aliphatic heterocycles. The summed E-state index contributed by atoms with van der Waals surface area (Å²) in [4.78, 5) is 26.6. The topological polar surface area (TPSA) is 58.6 Å². The van der Waals surface area contributed by atoms with Crippen LogP contribution in [0.3, 0.4) is 0 Å². The highest BCUT2D eigenvalue weighted by Gasteiger charge is 2.53. The van der Waals surface area contributed by atoms with Gasteiger partial charge in [0, 0.05) is 17.7 Å². The number of nitrogens with one attached hydrogen (secondary N) is 1. The predicted molar refractivity (Wildman–Crippen MR) is 94.9 cm³/mol. The van der Waals surface area contributed by atoms with Crippen molar-refractivity contribution in [3.05, 3.63) is 29.8 Å². The van der Waals surface area contributed by atoms with Gasteiger partial charge in [-0.1, -0.05) is 25.1 Å². The fourth-order valence-electron chi connectivity index (χ4n) is 3.64. The SMILES string of the molecule is CC[C@H](NC(=O)[C@@H]1CS[C@@]2(C)CCC(=O)N12)c1ccccc1OC. The maximum atomic E-state index is 12.9. The quantitative estimate of drug-likeness (QED) is 0.889. The second kappa shape index (κ2) is 6.67. The Morgan fingerprint density at radius 1 is 1.50 bits per heavy atom. The van der Waals surface area contributed by atoms with Crippen molar-refractivity contribution >= 4 is 23.6 Å². The number of ether oxygens (including phenoxy) is 1. The van der Waals surface area contributed by atoms with E-state index in [2.05, 4.69) is 12.2 Å². The van der Waals surface area contributed by atoms with Crippen LogP contribution in [0.25, 0.3) is 0 Å². The monoisotopic (exact) mass is 348 g/mol. The van der Waals surface area contributed by atoms with Gasteiger partial charge in [0.2, 0.25) is 11.8 Å². The first-order valence-corrected chi connectivity index (χ1v) is 9.38. The van der Waals surface area contributed by atoms with E-state index in [0.717, 1.165) is 24.2 Å². The Morgan fingerprint density at radius 2 is 2.25 bits per heavy atom. The Balaban J connectivity index is 1.77. The second-order valence-corrected chi connectivity index (χ2v) is 7.98. The summed E-state index contributed by atoms with van der Waals surface area (Å²) in [6, 6.07) is 7.23. The van der Waals surface area contributed by atoms with E-state index in [4.69, 9.17) is 4.74 Å². The van der Waals surface area contributed by atoms with E-state index in [-0.39, 0.29) is 28.8 Å². The lowest BCUT2D eigenvalue weighted by atomic mass is 10.0. The molecule has 0 spiro atoms. The van der Waals surface area contributed by atoms with Crippen LogP contribution >= 0.6 is 11.8 Å². The first kappa shape index (κ1) is 17.1. The van der Waals surface area contributed by atoms with E-state index in [1.54, 1.807) is 23.8 Å². The number of carbonyl (C=O) groups excluding carboxylic acids is 2. The van der Waals surface area contributed by atoms with Crippen LogP contribution in [0.4, 0.5) is 0 Å². The molecule has 0 aromatic heterocycles. The molecule has 2 heterocycles. The number of hydrogen-bond donors (Lipinski definition) is 1. The Kier molecular flexibility index (Phi) is 4.76. The highest BCUT2D eigenvalue weighted by Crippen LogP contribution is 2.47. The number of amides is 2. The summed E-state index contributed by atoms with van der Waals surface area (Å²) >= 11 is 1.71. The summed E-state index contributed by atoms with van der Waals surface area (Å²) in [6.45, 7) is 4.10. The van der Waals surface area contributed by atoms with Gasteiger partial charge in [-0.2, -0.15) is 0 Å². The second-order valence-electron chi connectivity index (χ2n) is 6.48. The molecule has 0 radical (unpaired) electrons. The van der Waals surface area contributed by atoms with Crippen LogP contribution in [0.1, 0.15) is 44.7 Å². The van der Waals surface area contributed by atoms with Gasteiger partial charge in [-0.25, -0.2) is 0 Å². The van der Waals surface area contributed by atoms with Crippen molar-refractivity contribution in [2.45, 2.75) is 50.1 Å². The normalized spacial score (nSPS) is 27.0. The molecule has 3 rings (SSSR count). The molecule has 1 aromatic rings. The fraction of sp³-hybridized carbons (Fsp3) is 0.556. The first-order chi connectivity index (χ1) is 11.5. The lowest BCUT2D eigenvalue weighted by Crippen LogP contribution is -2.50. The van der Waals surface area contributed by atoms with Crippen LogP contribution in [-0.4, -0.2) is 40.5 Å². The molecule has 130 valence electrons. The van der Waals surface area contributed by atoms with Gasteiger partial charge >= 0.3 is 0 Å². The molecule has 0 unspecified atom stereocenters. The Labute approximate surface area is 147 Å². The highest BCUT2D eigenvalue weighted by atomic mass is 32.2. The number of benzene rings is 1. The van der Waals surface area contributed by atoms with Crippen molar-refractivity contribution in [2.24, 2.45) is 0 Å². The molecule has 0 bridgehead atoms. The third-order valence-corrected chi connectivity index (χ3v) is 6.49. The maximum Gasteiger partial charge on any atom is 0.244 e. The van der Waals surface area contributed by atoms with Crippen molar-refractivity contribution in [1.82, 2.24) is 10.2 Å². The minimum absolute atomic E-state index is 0.0702. The molecule has 6 heteroatoms. The number of thioether (sulfide) groups is 1.